The zero-order valence-corrected chi connectivity index (χ0v) is 16.1. The monoisotopic (exact) mass is 370 g/mol. The molecule has 5 heteroatoms. The SMILES string of the molecule is COc1ccc(CN2CC[C@@]3(CCCN(C(=O)c4cccs4)C3)C2)cc1. The first-order valence-electron chi connectivity index (χ1n) is 9.36. The van der Waals surface area contributed by atoms with Crippen molar-refractivity contribution in [2.24, 2.45) is 5.41 Å². The molecule has 3 heterocycles. The van der Waals surface area contributed by atoms with Crippen LogP contribution in [0.5, 0.6) is 5.75 Å². The van der Waals surface area contributed by atoms with E-state index in [1.165, 1.54) is 18.4 Å². The number of carbonyl (C=O) groups is 1. The number of hydrogen-bond acceptors (Lipinski definition) is 4. The van der Waals surface area contributed by atoms with Gasteiger partial charge in [-0.3, -0.25) is 9.69 Å². The van der Waals surface area contributed by atoms with Crippen LogP contribution in [0, 0.1) is 5.41 Å². The van der Waals surface area contributed by atoms with Gasteiger partial charge in [0.2, 0.25) is 0 Å². The standard InChI is InChI=1S/C21H26N2O2S/c1-25-18-7-5-17(6-8-18)14-22-12-10-21(15-22)9-3-11-23(16-21)20(24)19-4-2-13-26-19/h2,4-8,13H,3,9-12,14-16H2,1H3/t21-/m0/s1. The van der Waals surface area contributed by atoms with E-state index in [-0.39, 0.29) is 11.3 Å². The molecule has 2 aliphatic rings. The van der Waals surface area contributed by atoms with Crippen LogP contribution in [0.25, 0.3) is 0 Å². The maximum Gasteiger partial charge on any atom is 0.263 e. The lowest BCUT2D eigenvalue weighted by molar-refractivity contribution is 0.0531. The molecule has 1 amide bonds. The average molecular weight is 371 g/mol. The van der Waals surface area contributed by atoms with Crippen molar-refractivity contribution in [3.05, 3.63) is 52.2 Å². The van der Waals surface area contributed by atoms with Crippen molar-refractivity contribution in [2.75, 3.05) is 33.3 Å². The van der Waals surface area contributed by atoms with E-state index in [2.05, 4.69) is 21.9 Å². The zero-order valence-electron chi connectivity index (χ0n) is 15.3. The number of methoxy groups -OCH3 is 1. The van der Waals surface area contributed by atoms with E-state index in [0.717, 1.165) is 49.8 Å². The number of ether oxygens (including phenoxy) is 1. The molecule has 4 nitrogen and oxygen atoms in total. The molecule has 0 bridgehead atoms. The Bertz CT molecular complexity index is 744. The van der Waals surface area contributed by atoms with E-state index in [9.17, 15) is 4.79 Å². The van der Waals surface area contributed by atoms with Gasteiger partial charge >= 0.3 is 0 Å². The third-order valence-electron chi connectivity index (χ3n) is 5.76. The summed E-state index contributed by atoms with van der Waals surface area (Å²) in [5, 5.41) is 1.99. The van der Waals surface area contributed by atoms with Crippen molar-refractivity contribution in [3.8, 4) is 5.75 Å². The molecule has 2 fully saturated rings. The first kappa shape index (κ1) is 17.6. The van der Waals surface area contributed by atoms with Crippen molar-refractivity contribution in [1.82, 2.24) is 9.80 Å². The highest BCUT2D eigenvalue weighted by molar-refractivity contribution is 7.12. The minimum atomic E-state index is 0.215. The fourth-order valence-electron chi connectivity index (χ4n) is 4.42. The molecule has 1 aromatic carbocycles. The lowest BCUT2D eigenvalue weighted by atomic mass is 9.79. The van der Waals surface area contributed by atoms with Crippen LogP contribution in [-0.2, 0) is 6.54 Å². The van der Waals surface area contributed by atoms with Crippen LogP contribution in [0.3, 0.4) is 0 Å². The van der Waals surface area contributed by atoms with Crippen LogP contribution < -0.4 is 4.74 Å². The number of likely N-dealkylation sites (tertiary alicyclic amines) is 2. The summed E-state index contributed by atoms with van der Waals surface area (Å²) in [6.45, 7) is 4.99. The van der Waals surface area contributed by atoms with E-state index in [1.54, 1.807) is 18.4 Å². The lowest BCUT2D eigenvalue weighted by Crippen LogP contribution is -2.47. The highest BCUT2D eigenvalue weighted by atomic mass is 32.1. The van der Waals surface area contributed by atoms with Crippen LogP contribution >= 0.6 is 11.3 Å². The predicted molar refractivity (Wildman–Crippen MR) is 105 cm³/mol. The van der Waals surface area contributed by atoms with Crippen molar-refractivity contribution < 1.29 is 9.53 Å². The smallest absolute Gasteiger partial charge is 0.263 e. The summed E-state index contributed by atoms with van der Waals surface area (Å²) in [4.78, 5) is 18.2. The Morgan fingerprint density at radius 3 is 2.73 bits per heavy atom. The molecule has 2 aliphatic heterocycles. The topological polar surface area (TPSA) is 32.8 Å². The molecule has 2 saturated heterocycles. The Labute approximate surface area is 159 Å². The Balaban J connectivity index is 1.39. The molecule has 138 valence electrons. The second-order valence-corrected chi connectivity index (χ2v) is 8.56. The van der Waals surface area contributed by atoms with Gasteiger partial charge in [-0.2, -0.15) is 0 Å². The van der Waals surface area contributed by atoms with Crippen LogP contribution in [0.4, 0.5) is 0 Å². The summed E-state index contributed by atoms with van der Waals surface area (Å²) in [6.07, 6.45) is 3.55. The van der Waals surface area contributed by atoms with Gasteiger partial charge in [0.15, 0.2) is 0 Å². The molecule has 2 aromatic rings. The second-order valence-electron chi connectivity index (χ2n) is 7.62. The summed E-state index contributed by atoms with van der Waals surface area (Å²) in [5.74, 6) is 1.12. The maximum atomic E-state index is 12.7. The van der Waals surface area contributed by atoms with Crippen LogP contribution in [-0.4, -0.2) is 49.0 Å². The zero-order chi connectivity index (χ0) is 18.0. The fraction of sp³-hybridized carbons (Fsp3) is 0.476. The van der Waals surface area contributed by atoms with Crippen LogP contribution in [0.15, 0.2) is 41.8 Å². The van der Waals surface area contributed by atoms with Crippen molar-refractivity contribution in [2.45, 2.75) is 25.8 Å². The maximum absolute atomic E-state index is 12.7. The largest absolute Gasteiger partial charge is 0.497 e. The summed E-state index contributed by atoms with van der Waals surface area (Å²) >= 11 is 1.55. The molecular formula is C21H26N2O2S. The molecule has 1 aromatic heterocycles. The molecule has 0 saturated carbocycles. The van der Waals surface area contributed by atoms with Crippen molar-refractivity contribution in [3.63, 3.8) is 0 Å². The van der Waals surface area contributed by atoms with Crippen LogP contribution in [0.2, 0.25) is 0 Å². The fourth-order valence-corrected chi connectivity index (χ4v) is 5.11. The van der Waals surface area contributed by atoms with E-state index >= 15 is 0 Å². The van der Waals surface area contributed by atoms with E-state index < -0.39 is 0 Å². The van der Waals surface area contributed by atoms with E-state index in [1.807, 2.05) is 29.6 Å². The van der Waals surface area contributed by atoms with Gasteiger partial charge in [0, 0.05) is 31.6 Å². The predicted octanol–water partition coefficient (Wildman–Crippen LogP) is 3.89. The van der Waals surface area contributed by atoms with Gasteiger partial charge in [-0.05, 0) is 54.9 Å². The number of hydrogen-bond donors (Lipinski definition) is 0. The summed E-state index contributed by atoms with van der Waals surface area (Å²) in [5.41, 5.74) is 1.60. The number of benzene rings is 1. The van der Waals surface area contributed by atoms with Gasteiger partial charge in [0.1, 0.15) is 5.75 Å². The van der Waals surface area contributed by atoms with Crippen molar-refractivity contribution in [1.29, 1.82) is 0 Å². The number of piperidine rings is 1. The Morgan fingerprint density at radius 1 is 1.15 bits per heavy atom. The molecule has 26 heavy (non-hydrogen) atoms. The van der Waals surface area contributed by atoms with Gasteiger partial charge in [0.25, 0.3) is 5.91 Å². The summed E-state index contributed by atoms with van der Waals surface area (Å²) in [7, 11) is 1.70. The molecule has 4 rings (SSSR count). The molecule has 0 unspecified atom stereocenters. The molecule has 0 N–H and O–H groups in total. The Morgan fingerprint density at radius 2 is 2.00 bits per heavy atom. The van der Waals surface area contributed by atoms with Gasteiger partial charge in [-0.25, -0.2) is 0 Å². The molecule has 0 aliphatic carbocycles. The quantitative estimate of drug-likeness (QED) is 0.819. The first-order valence-corrected chi connectivity index (χ1v) is 10.2. The van der Waals surface area contributed by atoms with Crippen LogP contribution in [0.1, 0.15) is 34.5 Å². The third-order valence-corrected chi connectivity index (χ3v) is 6.62. The van der Waals surface area contributed by atoms with Gasteiger partial charge in [-0.1, -0.05) is 18.2 Å². The third kappa shape index (κ3) is 3.64. The van der Waals surface area contributed by atoms with E-state index in [0.29, 0.717) is 0 Å². The first-order chi connectivity index (χ1) is 12.7. The highest BCUT2D eigenvalue weighted by Crippen LogP contribution is 2.40. The van der Waals surface area contributed by atoms with Gasteiger partial charge in [0.05, 0.1) is 12.0 Å². The molecule has 0 radical (unpaired) electrons. The highest BCUT2D eigenvalue weighted by Gasteiger charge is 2.42. The summed E-state index contributed by atoms with van der Waals surface area (Å²) < 4.78 is 5.24. The molecule has 1 spiro atoms. The second kappa shape index (κ2) is 7.41. The van der Waals surface area contributed by atoms with E-state index in [4.69, 9.17) is 4.74 Å². The number of nitrogens with zero attached hydrogens (tertiary/aromatic N) is 2. The Kier molecular flexibility index (Phi) is 5.00. The van der Waals surface area contributed by atoms with Crippen molar-refractivity contribution >= 4 is 17.2 Å². The molecular weight excluding hydrogens is 344 g/mol. The normalized spacial score (nSPS) is 23.5. The number of amides is 1. The lowest BCUT2D eigenvalue weighted by Gasteiger charge is -2.40. The number of thiophene rings is 1. The molecule has 1 atom stereocenters. The summed E-state index contributed by atoms with van der Waals surface area (Å²) in [6, 6.07) is 12.3. The van der Waals surface area contributed by atoms with Gasteiger partial charge in [-0.15, -0.1) is 11.3 Å². The minimum Gasteiger partial charge on any atom is -0.497 e. The average Bonchev–Trinajstić information content (AvgIpc) is 3.33. The Hall–Kier alpha value is -1.85. The van der Waals surface area contributed by atoms with Gasteiger partial charge < -0.3 is 9.64 Å². The minimum absolute atomic E-state index is 0.215. The number of rotatable bonds is 4. The number of carbonyl (C=O) groups excluding carboxylic acids is 1.